The summed E-state index contributed by atoms with van der Waals surface area (Å²) in [5, 5.41) is 12.8. The third-order valence-corrected chi connectivity index (χ3v) is 5.71. The number of thiophene rings is 2. The molecule has 0 unspecified atom stereocenters. The van der Waals surface area contributed by atoms with Gasteiger partial charge in [0.25, 0.3) is 5.91 Å². The lowest BCUT2D eigenvalue weighted by atomic mass is 10.1. The number of carbonyl (C=O) groups is 1. The lowest BCUT2D eigenvalue weighted by Crippen LogP contribution is -2.10. The number of anilines is 2. The molecule has 0 atom stereocenters. The number of nitrogens with two attached hydrogens (primary N) is 1. The van der Waals surface area contributed by atoms with Gasteiger partial charge in [-0.05, 0) is 37.8 Å². The lowest BCUT2D eigenvalue weighted by molar-refractivity contribution is 0.103. The summed E-state index contributed by atoms with van der Waals surface area (Å²) in [4.78, 5) is 15.0. The van der Waals surface area contributed by atoms with Gasteiger partial charge in [0.05, 0.1) is 10.4 Å². The molecule has 102 valence electrons. The molecule has 2 aromatic heterocycles. The number of nitrogens with one attached hydrogen (secondary N) is 1. The first-order valence-corrected chi connectivity index (χ1v) is 7.95. The summed E-state index contributed by atoms with van der Waals surface area (Å²) in [6, 6.07) is 3.91. The van der Waals surface area contributed by atoms with E-state index in [0.29, 0.717) is 21.1 Å². The molecule has 0 aliphatic heterocycles. The van der Waals surface area contributed by atoms with Gasteiger partial charge < -0.3 is 11.1 Å². The monoisotopic (exact) mass is 303 g/mol. The van der Waals surface area contributed by atoms with Crippen molar-refractivity contribution in [2.75, 3.05) is 11.1 Å². The van der Waals surface area contributed by atoms with Gasteiger partial charge in [0.1, 0.15) is 11.1 Å². The molecule has 0 bridgehead atoms. The van der Waals surface area contributed by atoms with Crippen molar-refractivity contribution in [3.8, 4) is 6.07 Å². The molecule has 20 heavy (non-hydrogen) atoms. The molecule has 3 rings (SSSR count). The Kier molecular flexibility index (Phi) is 3.24. The van der Waals surface area contributed by atoms with E-state index in [1.165, 1.54) is 27.6 Å². The second-order valence-electron chi connectivity index (χ2n) is 4.75. The molecule has 0 saturated heterocycles. The minimum Gasteiger partial charge on any atom is -0.398 e. The summed E-state index contributed by atoms with van der Waals surface area (Å²) in [5.74, 6) is -0.189. The number of nitrogens with zero attached hydrogens (tertiary/aromatic N) is 1. The number of hydrogen-bond acceptors (Lipinski definition) is 5. The van der Waals surface area contributed by atoms with Crippen molar-refractivity contribution in [3.05, 3.63) is 31.8 Å². The van der Waals surface area contributed by atoms with Gasteiger partial charge in [0.15, 0.2) is 0 Å². The fourth-order valence-electron chi connectivity index (χ4n) is 2.38. The van der Waals surface area contributed by atoms with E-state index >= 15 is 0 Å². The summed E-state index contributed by atoms with van der Waals surface area (Å²) in [7, 11) is 0. The largest absolute Gasteiger partial charge is 0.398 e. The molecule has 0 aromatic carbocycles. The van der Waals surface area contributed by atoms with Crippen LogP contribution in [0.3, 0.4) is 0 Å². The Balaban J connectivity index is 1.89. The summed E-state index contributed by atoms with van der Waals surface area (Å²) in [6.07, 6.45) is 3.05. The number of carbonyl (C=O) groups excluding carboxylic acids is 1. The molecule has 0 spiro atoms. The Labute approximate surface area is 124 Å². The molecule has 6 heteroatoms. The van der Waals surface area contributed by atoms with Gasteiger partial charge in [-0.1, -0.05) is 0 Å². The summed E-state index contributed by atoms with van der Waals surface area (Å²) in [5.41, 5.74) is 8.16. The highest BCUT2D eigenvalue weighted by molar-refractivity contribution is 7.17. The average molecular weight is 303 g/mol. The van der Waals surface area contributed by atoms with E-state index in [1.54, 1.807) is 6.07 Å². The first-order valence-electron chi connectivity index (χ1n) is 6.32. The van der Waals surface area contributed by atoms with Crippen molar-refractivity contribution >= 4 is 39.3 Å². The predicted molar refractivity (Wildman–Crippen MR) is 82.5 cm³/mol. The van der Waals surface area contributed by atoms with Crippen LogP contribution in [0.15, 0.2) is 6.07 Å². The Bertz CT molecular complexity index is 717. The highest BCUT2D eigenvalue weighted by atomic mass is 32.1. The number of rotatable bonds is 2. The van der Waals surface area contributed by atoms with E-state index in [9.17, 15) is 10.1 Å². The quantitative estimate of drug-likeness (QED) is 0.893. The van der Waals surface area contributed by atoms with Gasteiger partial charge in [-0.2, -0.15) is 5.26 Å². The fourth-order valence-corrected chi connectivity index (χ4v) is 4.45. The molecule has 0 radical (unpaired) electrons. The molecule has 1 amide bonds. The Morgan fingerprint density at radius 1 is 1.45 bits per heavy atom. The zero-order valence-electron chi connectivity index (χ0n) is 10.9. The van der Waals surface area contributed by atoms with Crippen molar-refractivity contribution in [1.82, 2.24) is 0 Å². The van der Waals surface area contributed by atoms with Gasteiger partial charge in [0, 0.05) is 15.4 Å². The van der Waals surface area contributed by atoms with Crippen LogP contribution < -0.4 is 11.1 Å². The topological polar surface area (TPSA) is 78.9 Å². The fraction of sp³-hybridized carbons (Fsp3) is 0.286. The predicted octanol–water partition coefficient (Wildman–Crippen LogP) is 3.31. The second-order valence-corrected chi connectivity index (χ2v) is 7.11. The van der Waals surface area contributed by atoms with Crippen molar-refractivity contribution in [3.63, 3.8) is 0 Å². The van der Waals surface area contributed by atoms with Gasteiger partial charge in [-0.3, -0.25) is 4.79 Å². The molecule has 3 N–H and O–H groups in total. The Morgan fingerprint density at radius 3 is 2.90 bits per heavy atom. The number of nitrogen functional groups attached to an aromatic ring is 1. The maximum atomic E-state index is 12.2. The maximum absolute atomic E-state index is 12.2. The Hall–Kier alpha value is -1.84. The minimum atomic E-state index is -0.189. The number of amides is 1. The van der Waals surface area contributed by atoms with Crippen molar-refractivity contribution in [1.29, 1.82) is 5.26 Å². The van der Waals surface area contributed by atoms with Crippen LogP contribution in [-0.4, -0.2) is 5.91 Å². The zero-order chi connectivity index (χ0) is 14.3. The lowest BCUT2D eigenvalue weighted by Gasteiger charge is -2.01. The van der Waals surface area contributed by atoms with Crippen LogP contribution in [-0.2, 0) is 12.8 Å². The van der Waals surface area contributed by atoms with Crippen molar-refractivity contribution in [2.24, 2.45) is 0 Å². The molecule has 0 fully saturated rings. The molecule has 1 aliphatic rings. The van der Waals surface area contributed by atoms with Crippen LogP contribution in [0.25, 0.3) is 0 Å². The summed E-state index contributed by atoms with van der Waals surface area (Å²) >= 11 is 2.90. The van der Waals surface area contributed by atoms with Gasteiger partial charge in [0.2, 0.25) is 0 Å². The Morgan fingerprint density at radius 2 is 2.25 bits per heavy atom. The highest BCUT2D eigenvalue weighted by Crippen LogP contribution is 2.39. The molecule has 2 heterocycles. The normalized spacial score (nSPS) is 13.0. The maximum Gasteiger partial charge on any atom is 0.266 e. The van der Waals surface area contributed by atoms with E-state index in [0.717, 1.165) is 29.7 Å². The van der Waals surface area contributed by atoms with Crippen LogP contribution in [0.2, 0.25) is 0 Å². The number of aryl methyl sites for hydroxylation is 2. The molecule has 2 aromatic rings. The van der Waals surface area contributed by atoms with E-state index < -0.39 is 0 Å². The average Bonchev–Trinajstić information content (AvgIpc) is 3.05. The number of hydrogen-bond donors (Lipinski definition) is 2. The van der Waals surface area contributed by atoms with Gasteiger partial charge >= 0.3 is 0 Å². The van der Waals surface area contributed by atoms with E-state index in [4.69, 9.17) is 5.73 Å². The molecular weight excluding hydrogens is 290 g/mol. The van der Waals surface area contributed by atoms with Gasteiger partial charge in [-0.15, -0.1) is 22.7 Å². The molecule has 4 nitrogen and oxygen atoms in total. The summed E-state index contributed by atoms with van der Waals surface area (Å²) < 4.78 is 0. The first kappa shape index (κ1) is 13.2. The van der Waals surface area contributed by atoms with E-state index in [1.807, 2.05) is 6.92 Å². The molecule has 1 aliphatic carbocycles. The standard InChI is InChI=1S/C14H13N3OS2/c1-7-10(16)5-12(19-7)13(18)17-14-9(6-15)8-3-2-4-11(8)20-14/h5H,2-4,16H2,1H3,(H,17,18). The van der Waals surface area contributed by atoms with Crippen LogP contribution in [0.4, 0.5) is 10.7 Å². The zero-order valence-corrected chi connectivity index (χ0v) is 12.6. The SMILES string of the molecule is Cc1sc(C(=O)Nc2sc3c(c2C#N)CCC3)cc1N. The highest BCUT2D eigenvalue weighted by Gasteiger charge is 2.23. The van der Waals surface area contributed by atoms with Crippen LogP contribution in [0.5, 0.6) is 0 Å². The van der Waals surface area contributed by atoms with E-state index in [-0.39, 0.29) is 5.91 Å². The number of nitriles is 1. The summed E-state index contributed by atoms with van der Waals surface area (Å²) in [6.45, 7) is 1.89. The third kappa shape index (κ3) is 2.09. The van der Waals surface area contributed by atoms with Crippen molar-refractivity contribution < 1.29 is 4.79 Å². The second kappa shape index (κ2) is 4.93. The first-order chi connectivity index (χ1) is 9.60. The van der Waals surface area contributed by atoms with Crippen LogP contribution in [0.1, 0.15) is 37.0 Å². The van der Waals surface area contributed by atoms with Crippen molar-refractivity contribution in [2.45, 2.75) is 26.2 Å². The van der Waals surface area contributed by atoms with Crippen LogP contribution in [0, 0.1) is 18.3 Å². The minimum absolute atomic E-state index is 0.189. The smallest absolute Gasteiger partial charge is 0.266 e. The molecule has 0 saturated carbocycles. The van der Waals surface area contributed by atoms with E-state index in [2.05, 4.69) is 11.4 Å². The van der Waals surface area contributed by atoms with Gasteiger partial charge in [-0.25, -0.2) is 0 Å². The third-order valence-electron chi connectivity index (χ3n) is 3.44. The molecular formula is C14H13N3OS2. The van der Waals surface area contributed by atoms with Crippen LogP contribution >= 0.6 is 22.7 Å². The number of fused-ring (bicyclic) bond motifs is 1.